The SMILES string of the molecule is CC(CCN)c1cccc(C(F)F)c1. The van der Waals surface area contributed by atoms with Crippen molar-refractivity contribution in [1.82, 2.24) is 0 Å². The maximum Gasteiger partial charge on any atom is 0.263 e. The van der Waals surface area contributed by atoms with Gasteiger partial charge >= 0.3 is 0 Å². The molecule has 1 rings (SSSR count). The average molecular weight is 199 g/mol. The van der Waals surface area contributed by atoms with Crippen LogP contribution in [0.2, 0.25) is 0 Å². The molecule has 1 nitrogen and oxygen atoms in total. The van der Waals surface area contributed by atoms with Gasteiger partial charge in [-0.05, 0) is 30.5 Å². The summed E-state index contributed by atoms with van der Waals surface area (Å²) in [6.07, 6.45) is -1.56. The number of hydrogen-bond acceptors (Lipinski definition) is 1. The van der Waals surface area contributed by atoms with Gasteiger partial charge in [0.15, 0.2) is 0 Å². The van der Waals surface area contributed by atoms with Gasteiger partial charge in [0.1, 0.15) is 0 Å². The third-order valence-corrected chi connectivity index (χ3v) is 2.33. The van der Waals surface area contributed by atoms with E-state index in [1.807, 2.05) is 13.0 Å². The van der Waals surface area contributed by atoms with Crippen molar-refractivity contribution in [2.75, 3.05) is 6.54 Å². The minimum absolute atomic E-state index is 0.0892. The Kier molecular flexibility index (Phi) is 4.01. The topological polar surface area (TPSA) is 26.0 Å². The molecule has 0 amide bonds. The van der Waals surface area contributed by atoms with E-state index in [2.05, 4.69) is 0 Å². The molecule has 0 aliphatic rings. The maximum atomic E-state index is 12.4. The normalized spacial score (nSPS) is 13.2. The second kappa shape index (κ2) is 5.05. The number of benzene rings is 1. The van der Waals surface area contributed by atoms with Crippen LogP contribution in [0.25, 0.3) is 0 Å². The number of alkyl halides is 2. The number of rotatable bonds is 4. The van der Waals surface area contributed by atoms with Crippen LogP contribution in [0.15, 0.2) is 24.3 Å². The van der Waals surface area contributed by atoms with Crippen molar-refractivity contribution in [1.29, 1.82) is 0 Å². The Morgan fingerprint density at radius 2 is 1.93 bits per heavy atom. The predicted molar refractivity (Wildman–Crippen MR) is 53.5 cm³/mol. The largest absolute Gasteiger partial charge is 0.330 e. The number of hydrogen-bond donors (Lipinski definition) is 1. The van der Waals surface area contributed by atoms with Gasteiger partial charge in [-0.25, -0.2) is 8.78 Å². The van der Waals surface area contributed by atoms with Crippen molar-refractivity contribution >= 4 is 0 Å². The zero-order chi connectivity index (χ0) is 10.6. The molecule has 0 saturated heterocycles. The molecule has 0 fully saturated rings. The van der Waals surface area contributed by atoms with Gasteiger partial charge in [-0.3, -0.25) is 0 Å². The van der Waals surface area contributed by atoms with Crippen LogP contribution in [-0.4, -0.2) is 6.54 Å². The quantitative estimate of drug-likeness (QED) is 0.792. The van der Waals surface area contributed by atoms with Crippen molar-refractivity contribution in [3.8, 4) is 0 Å². The summed E-state index contributed by atoms with van der Waals surface area (Å²) in [5.74, 6) is 0.249. The smallest absolute Gasteiger partial charge is 0.263 e. The lowest BCUT2D eigenvalue weighted by atomic mass is 9.96. The van der Waals surface area contributed by atoms with Gasteiger partial charge in [-0.15, -0.1) is 0 Å². The molecular formula is C11H15F2N. The minimum Gasteiger partial charge on any atom is -0.330 e. The lowest BCUT2D eigenvalue weighted by molar-refractivity contribution is 0.151. The molecular weight excluding hydrogens is 184 g/mol. The van der Waals surface area contributed by atoms with E-state index < -0.39 is 6.43 Å². The Bertz CT molecular complexity index is 286. The van der Waals surface area contributed by atoms with Gasteiger partial charge in [-0.1, -0.05) is 25.1 Å². The first kappa shape index (κ1) is 11.1. The fraction of sp³-hybridized carbons (Fsp3) is 0.455. The first-order chi connectivity index (χ1) is 6.65. The molecule has 0 aliphatic heterocycles. The molecule has 14 heavy (non-hydrogen) atoms. The molecule has 0 saturated carbocycles. The fourth-order valence-electron chi connectivity index (χ4n) is 1.42. The monoisotopic (exact) mass is 199 g/mol. The Balaban J connectivity index is 2.82. The summed E-state index contributed by atoms with van der Waals surface area (Å²) < 4.78 is 24.7. The summed E-state index contributed by atoms with van der Waals surface area (Å²) in [7, 11) is 0. The summed E-state index contributed by atoms with van der Waals surface area (Å²) in [6.45, 7) is 2.58. The third kappa shape index (κ3) is 2.77. The average Bonchev–Trinajstić information content (AvgIpc) is 2.18. The van der Waals surface area contributed by atoms with Crippen LogP contribution < -0.4 is 5.73 Å². The van der Waals surface area contributed by atoms with E-state index in [0.717, 1.165) is 12.0 Å². The van der Waals surface area contributed by atoms with Crippen molar-refractivity contribution in [2.45, 2.75) is 25.7 Å². The van der Waals surface area contributed by atoms with Crippen LogP contribution in [-0.2, 0) is 0 Å². The molecule has 0 aromatic heterocycles. The summed E-state index contributed by atoms with van der Waals surface area (Å²) in [5, 5.41) is 0. The van der Waals surface area contributed by atoms with E-state index >= 15 is 0 Å². The van der Waals surface area contributed by atoms with Crippen LogP contribution >= 0.6 is 0 Å². The second-order valence-electron chi connectivity index (χ2n) is 3.45. The van der Waals surface area contributed by atoms with Gasteiger partial charge in [0.05, 0.1) is 0 Å². The highest BCUT2D eigenvalue weighted by molar-refractivity contribution is 5.26. The molecule has 0 spiro atoms. The van der Waals surface area contributed by atoms with E-state index in [0.29, 0.717) is 6.54 Å². The molecule has 1 atom stereocenters. The highest BCUT2D eigenvalue weighted by Crippen LogP contribution is 2.24. The summed E-state index contributed by atoms with van der Waals surface area (Å²) >= 11 is 0. The van der Waals surface area contributed by atoms with Crippen molar-refractivity contribution < 1.29 is 8.78 Å². The predicted octanol–water partition coefficient (Wildman–Crippen LogP) is 3.08. The van der Waals surface area contributed by atoms with E-state index in [1.165, 1.54) is 6.07 Å². The molecule has 0 radical (unpaired) electrons. The number of halogens is 2. The lowest BCUT2D eigenvalue weighted by Crippen LogP contribution is -2.04. The van der Waals surface area contributed by atoms with E-state index in [-0.39, 0.29) is 11.5 Å². The second-order valence-corrected chi connectivity index (χ2v) is 3.45. The van der Waals surface area contributed by atoms with Crippen molar-refractivity contribution in [2.24, 2.45) is 5.73 Å². The van der Waals surface area contributed by atoms with E-state index in [1.54, 1.807) is 12.1 Å². The van der Waals surface area contributed by atoms with Gasteiger partial charge < -0.3 is 5.73 Å². The molecule has 2 N–H and O–H groups in total. The highest BCUT2D eigenvalue weighted by atomic mass is 19.3. The third-order valence-electron chi connectivity index (χ3n) is 2.33. The zero-order valence-electron chi connectivity index (χ0n) is 8.21. The van der Waals surface area contributed by atoms with Crippen LogP contribution in [0.4, 0.5) is 8.78 Å². The molecule has 0 aliphatic carbocycles. The van der Waals surface area contributed by atoms with Gasteiger partial charge in [-0.2, -0.15) is 0 Å². The minimum atomic E-state index is -2.39. The van der Waals surface area contributed by atoms with Gasteiger partial charge in [0.2, 0.25) is 0 Å². The highest BCUT2D eigenvalue weighted by Gasteiger charge is 2.10. The van der Waals surface area contributed by atoms with Gasteiger partial charge in [0, 0.05) is 5.56 Å². The molecule has 0 bridgehead atoms. The van der Waals surface area contributed by atoms with E-state index in [4.69, 9.17) is 5.73 Å². The Morgan fingerprint density at radius 3 is 2.50 bits per heavy atom. The van der Waals surface area contributed by atoms with E-state index in [9.17, 15) is 8.78 Å². The lowest BCUT2D eigenvalue weighted by Gasteiger charge is -2.11. The summed E-state index contributed by atoms with van der Waals surface area (Å²) in [5.41, 5.74) is 6.44. The fourth-order valence-corrected chi connectivity index (χ4v) is 1.42. The molecule has 3 heteroatoms. The molecule has 0 heterocycles. The number of nitrogens with two attached hydrogens (primary N) is 1. The molecule has 1 aromatic carbocycles. The summed E-state index contributed by atoms with van der Waals surface area (Å²) in [4.78, 5) is 0. The summed E-state index contributed by atoms with van der Waals surface area (Å²) in [6, 6.07) is 6.55. The maximum absolute atomic E-state index is 12.4. The van der Waals surface area contributed by atoms with Crippen molar-refractivity contribution in [3.63, 3.8) is 0 Å². The van der Waals surface area contributed by atoms with Crippen LogP contribution in [0.3, 0.4) is 0 Å². The van der Waals surface area contributed by atoms with Crippen molar-refractivity contribution in [3.05, 3.63) is 35.4 Å². The van der Waals surface area contributed by atoms with Crippen LogP contribution in [0.1, 0.15) is 36.8 Å². The Hall–Kier alpha value is -0.960. The first-order valence-corrected chi connectivity index (χ1v) is 4.73. The zero-order valence-corrected chi connectivity index (χ0v) is 8.21. The van der Waals surface area contributed by atoms with Crippen LogP contribution in [0, 0.1) is 0 Å². The Labute approximate surface area is 82.9 Å². The standard InChI is InChI=1S/C11H15F2N/c1-8(5-6-14)9-3-2-4-10(7-9)11(12)13/h2-4,7-8,11H,5-6,14H2,1H3. The van der Waals surface area contributed by atoms with Crippen LogP contribution in [0.5, 0.6) is 0 Å². The Morgan fingerprint density at radius 1 is 1.29 bits per heavy atom. The van der Waals surface area contributed by atoms with Gasteiger partial charge in [0.25, 0.3) is 6.43 Å². The molecule has 78 valence electrons. The first-order valence-electron chi connectivity index (χ1n) is 4.73. The molecule has 1 aromatic rings. The molecule has 1 unspecified atom stereocenters.